The van der Waals surface area contributed by atoms with Crippen LogP contribution >= 0.6 is 0 Å². The van der Waals surface area contributed by atoms with Crippen molar-refractivity contribution in [1.29, 1.82) is 0 Å². The number of imide groups is 1. The quantitative estimate of drug-likeness (QED) is 0.352. The van der Waals surface area contributed by atoms with Crippen LogP contribution in [-0.4, -0.2) is 34.7 Å². The number of nitrogen functional groups attached to an aromatic ring is 1. The summed E-state index contributed by atoms with van der Waals surface area (Å²) in [7, 11) is 1.41. The fourth-order valence-corrected chi connectivity index (χ4v) is 1.85. The number of carbonyl (C=O) groups excluding carboxylic acids is 2. The van der Waals surface area contributed by atoms with Crippen LogP contribution in [0.5, 0.6) is 0 Å². The maximum absolute atomic E-state index is 11.7. The number of nitro groups is 1. The Hall–Kier alpha value is -2.64. The zero-order valence-electron chi connectivity index (χ0n) is 10.1. The molecule has 1 aromatic rings. The van der Waals surface area contributed by atoms with Gasteiger partial charge in [0.2, 0.25) is 5.91 Å². The molecule has 0 saturated carbocycles. The average molecular weight is 264 g/mol. The van der Waals surface area contributed by atoms with Gasteiger partial charge in [0.1, 0.15) is 6.04 Å². The normalized spacial score (nSPS) is 18.8. The molecule has 1 saturated heterocycles. The first-order chi connectivity index (χ1) is 8.90. The van der Waals surface area contributed by atoms with E-state index in [2.05, 4.69) is 5.32 Å². The van der Waals surface area contributed by atoms with Gasteiger partial charge in [0.25, 0.3) is 11.6 Å². The molecule has 1 aromatic carbocycles. The van der Waals surface area contributed by atoms with Gasteiger partial charge >= 0.3 is 0 Å². The van der Waals surface area contributed by atoms with Crippen molar-refractivity contribution in [2.45, 2.75) is 12.5 Å². The highest BCUT2D eigenvalue weighted by Crippen LogP contribution is 2.26. The summed E-state index contributed by atoms with van der Waals surface area (Å²) < 4.78 is 0. The van der Waals surface area contributed by atoms with E-state index < -0.39 is 11.0 Å². The van der Waals surface area contributed by atoms with Crippen LogP contribution in [0.3, 0.4) is 0 Å². The predicted octanol–water partition coefficient (Wildman–Crippen LogP) is 0.346. The van der Waals surface area contributed by atoms with E-state index in [9.17, 15) is 19.7 Å². The second-order valence-electron chi connectivity index (χ2n) is 4.22. The first-order valence-corrected chi connectivity index (χ1v) is 5.51. The standard InChI is InChI=1S/C11H12N4O4/c1-14-10(16)5-9(11(14)17)13-8-3-2-6(15(18)19)4-7(8)12/h2-4,9,13H,5,12H2,1H3. The van der Waals surface area contributed by atoms with E-state index in [0.717, 1.165) is 4.90 Å². The van der Waals surface area contributed by atoms with Crippen molar-refractivity contribution in [3.8, 4) is 0 Å². The Bertz CT molecular complexity index is 572. The molecule has 1 atom stereocenters. The Kier molecular flexibility index (Phi) is 3.07. The van der Waals surface area contributed by atoms with Gasteiger partial charge in [-0.2, -0.15) is 0 Å². The molecule has 0 spiro atoms. The number of non-ortho nitro benzene ring substituents is 1. The Balaban J connectivity index is 2.19. The Morgan fingerprint density at radius 2 is 2.16 bits per heavy atom. The summed E-state index contributed by atoms with van der Waals surface area (Å²) in [5.74, 6) is -0.620. The summed E-state index contributed by atoms with van der Waals surface area (Å²) in [6, 6.07) is 3.22. The molecule has 1 heterocycles. The molecule has 1 aliphatic rings. The van der Waals surface area contributed by atoms with Crippen LogP contribution in [-0.2, 0) is 9.59 Å². The van der Waals surface area contributed by atoms with Crippen LogP contribution in [0.4, 0.5) is 17.1 Å². The minimum absolute atomic E-state index is 0.0474. The molecule has 8 heteroatoms. The minimum Gasteiger partial charge on any atom is -0.397 e. The van der Waals surface area contributed by atoms with Gasteiger partial charge in [0.15, 0.2) is 0 Å². The number of hydrogen-bond acceptors (Lipinski definition) is 6. The van der Waals surface area contributed by atoms with E-state index in [1.54, 1.807) is 0 Å². The molecule has 1 aliphatic heterocycles. The number of nitro benzene ring substituents is 1. The first kappa shape index (κ1) is 12.8. The molecule has 100 valence electrons. The third-order valence-electron chi connectivity index (χ3n) is 2.96. The number of nitrogens with two attached hydrogens (primary N) is 1. The highest BCUT2D eigenvalue weighted by molar-refractivity contribution is 6.06. The lowest BCUT2D eigenvalue weighted by molar-refractivity contribution is -0.384. The number of rotatable bonds is 3. The largest absolute Gasteiger partial charge is 0.397 e. The molecule has 1 fully saturated rings. The van der Waals surface area contributed by atoms with Gasteiger partial charge in [-0.15, -0.1) is 0 Å². The number of benzene rings is 1. The van der Waals surface area contributed by atoms with E-state index in [0.29, 0.717) is 5.69 Å². The van der Waals surface area contributed by atoms with Crippen LogP contribution in [0.15, 0.2) is 18.2 Å². The summed E-state index contributed by atoms with van der Waals surface area (Å²) >= 11 is 0. The molecule has 0 bridgehead atoms. The monoisotopic (exact) mass is 264 g/mol. The lowest BCUT2D eigenvalue weighted by atomic mass is 10.2. The number of nitrogens with one attached hydrogen (secondary N) is 1. The van der Waals surface area contributed by atoms with E-state index in [-0.39, 0.29) is 29.6 Å². The first-order valence-electron chi connectivity index (χ1n) is 5.51. The van der Waals surface area contributed by atoms with Crippen molar-refractivity contribution >= 4 is 28.9 Å². The van der Waals surface area contributed by atoms with E-state index >= 15 is 0 Å². The molecule has 8 nitrogen and oxygen atoms in total. The smallest absolute Gasteiger partial charge is 0.271 e. The molecule has 3 N–H and O–H groups in total. The molecule has 2 rings (SSSR count). The summed E-state index contributed by atoms with van der Waals surface area (Å²) in [5.41, 5.74) is 6.10. The molecule has 0 aliphatic carbocycles. The minimum atomic E-state index is -0.679. The lowest BCUT2D eigenvalue weighted by Gasteiger charge is -2.13. The van der Waals surface area contributed by atoms with Gasteiger partial charge in [0, 0.05) is 19.2 Å². The van der Waals surface area contributed by atoms with Crippen molar-refractivity contribution < 1.29 is 14.5 Å². The molecule has 0 radical (unpaired) electrons. The Morgan fingerprint density at radius 3 is 2.63 bits per heavy atom. The number of hydrogen-bond donors (Lipinski definition) is 2. The van der Waals surface area contributed by atoms with Gasteiger partial charge in [-0.05, 0) is 6.07 Å². The number of amides is 2. The average Bonchev–Trinajstić information content (AvgIpc) is 2.59. The van der Waals surface area contributed by atoms with E-state index in [1.807, 2.05) is 0 Å². The molecule has 0 aromatic heterocycles. The second kappa shape index (κ2) is 4.56. The fourth-order valence-electron chi connectivity index (χ4n) is 1.85. The topological polar surface area (TPSA) is 119 Å². The highest BCUT2D eigenvalue weighted by Gasteiger charge is 2.36. The van der Waals surface area contributed by atoms with Gasteiger partial charge < -0.3 is 11.1 Å². The highest BCUT2D eigenvalue weighted by atomic mass is 16.6. The number of anilines is 2. The van der Waals surface area contributed by atoms with E-state index in [4.69, 9.17) is 5.73 Å². The summed E-state index contributed by atoms with van der Waals surface area (Å²) in [4.78, 5) is 34.1. The number of nitrogens with zero attached hydrogens (tertiary/aromatic N) is 2. The molecular weight excluding hydrogens is 252 g/mol. The van der Waals surface area contributed by atoms with Gasteiger partial charge in [-0.3, -0.25) is 24.6 Å². The van der Waals surface area contributed by atoms with Crippen molar-refractivity contribution in [1.82, 2.24) is 4.90 Å². The zero-order chi connectivity index (χ0) is 14.2. The maximum Gasteiger partial charge on any atom is 0.271 e. The van der Waals surface area contributed by atoms with Crippen LogP contribution in [0.1, 0.15) is 6.42 Å². The molecular formula is C11H12N4O4. The van der Waals surface area contributed by atoms with Crippen molar-refractivity contribution in [2.75, 3.05) is 18.1 Å². The molecule has 2 amide bonds. The third kappa shape index (κ3) is 2.32. The SMILES string of the molecule is CN1C(=O)CC(Nc2ccc([N+](=O)[O-])cc2N)C1=O. The summed E-state index contributed by atoms with van der Waals surface area (Å²) in [6.45, 7) is 0. The van der Waals surface area contributed by atoms with E-state index in [1.165, 1.54) is 25.2 Å². The summed E-state index contributed by atoms with van der Waals surface area (Å²) in [5, 5.41) is 13.4. The second-order valence-corrected chi connectivity index (χ2v) is 4.22. The van der Waals surface area contributed by atoms with Crippen molar-refractivity contribution in [3.63, 3.8) is 0 Å². The van der Waals surface area contributed by atoms with Crippen LogP contribution < -0.4 is 11.1 Å². The Morgan fingerprint density at radius 1 is 1.47 bits per heavy atom. The number of likely N-dealkylation sites (tertiary alicyclic amines) is 1. The predicted molar refractivity (Wildman–Crippen MR) is 67.3 cm³/mol. The number of likely N-dealkylation sites (N-methyl/N-ethyl adjacent to an activating group) is 1. The number of carbonyl (C=O) groups is 2. The fraction of sp³-hybridized carbons (Fsp3) is 0.273. The van der Waals surface area contributed by atoms with Crippen LogP contribution in [0.25, 0.3) is 0 Å². The zero-order valence-corrected chi connectivity index (χ0v) is 10.1. The van der Waals surface area contributed by atoms with Crippen molar-refractivity contribution in [3.05, 3.63) is 28.3 Å². The lowest BCUT2D eigenvalue weighted by Crippen LogP contribution is -2.32. The maximum atomic E-state index is 11.7. The van der Waals surface area contributed by atoms with Gasteiger partial charge in [-0.1, -0.05) is 0 Å². The van der Waals surface area contributed by atoms with Crippen LogP contribution in [0, 0.1) is 10.1 Å². The summed E-state index contributed by atoms with van der Waals surface area (Å²) in [6.07, 6.45) is 0.0474. The van der Waals surface area contributed by atoms with Crippen LogP contribution in [0.2, 0.25) is 0 Å². The Labute approximate surface area is 108 Å². The van der Waals surface area contributed by atoms with Crippen molar-refractivity contribution in [2.24, 2.45) is 0 Å². The molecule has 1 unspecified atom stereocenters. The molecule has 19 heavy (non-hydrogen) atoms. The van der Waals surface area contributed by atoms with Gasteiger partial charge in [-0.25, -0.2) is 0 Å². The van der Waals surface area contributed by atoms with Gasteiger partial charge in [0.05, 0.1) is 22.7 Å². The third-order valence-corrected chi connectivity index (χ3v) is 2.96.